The van der Waals surface area contributed by atoms with Crippen LogP contribution in [0.15, 0.2) is 66.9 Å². The molecule has 1 aliphatic rings. The molecular weight excluding hydrogens is 552 g/mol. The number of esters is 1. The number of hydrogen-bond acceptors (Lipinski definition) is 9. The summed E-state index contributed by atoms with van der Waals surface area (Å²) in [6.45, 7) is 8.44. The van der Waals surface area contributed by atoms with Crippen molar-refractivity contribution in [1.29, 1.82) is 10.5 Å². The van der Waals surface area contributed by atoms with E-state index in [1.807, 2.05) is 56.3 Å². The lowest BCUT2D eigenvalue weighted by Gasteiger charge is -2.32. The third-order valence-electron chi connectivity index (χ3n) is 7.64. The molecule has 0 atom stereocenters. The zero-order valence-electron chi connectivity index (χ0n) is 25.1. The molecule has 222 valence electrons. The molecule has 0 unspecified atom stereocenters. The highest BCUT2D eigenvalue weighted by Crippen LogP contribution is 2.34. The van der Waals surface area contributed by atoms with E-state index in [9.17, 15) is 10.1 Å². The second-order valence-corrected chi connectivity index (χ2v) is 10.9. The van der Waals surface area contributed by atoms with Crippen LogP contribution < -0.4 is 10.1 Å². The maximum Gasteiger partial charge on any atom is 0.345 e. The Bertz CT molecular complexity index is 1710. The molecule has 0 amide bonds. The first kappa shape index (κ1) is 30.2. The van der Waals surface area contributed by atoms with Gasteiger partial charge in [0.15, 0.2) is 0 Å². The van der Waals surface area contributed by atoms with Gasteiger partial charge in [-0.1, -0.05) is 24.3 Å². The summed E-state index contributed by atoms with van der Waals surface area (Å²) >= 11 is 0. The standard InChI is InChI=1S/C35H34N6O3/c1-4-43-34(42)31-21-38-35(39-30-12-14-41(15-13-30)22-27-7-5-6-26(18-27)20-37)40-33(31)44-32-23(2)16-29(17-24(32)3)28-10-8-25(19-36)9-11-28/h5-11,16-18,21,30H,4,12-15,22H2,1-3H3,(H,38,39,40). The quantitative estimate of drug-likeness (QED) is 0.217. The number of nitriles is 2. The fourth-order valence-corrected chi connectivity index (χ4v) is 5.39. The third kappa shape index (κ3) is 7.20. The number of piperidine rings is 1. The van der Waals surface area contributed by atoms with Gasteiger partial charge >= 0.3 is 5.97 Å². The number of nitrogens with zero attached hydrogens (tertiary/aromatic N) is 5. The highest BCUT2D eigenvalue weighted by atomic mass is 16.5. The smallest absolute Gasteiger partial charge is 0.345 e. The summed E-state index contributed by atoms with van der Waals surface area (Å²) in [5.41, 5.74) is 6.30. The average Bonchev–Trinajstić information content (AvgIpc) is 3.04. The van der Waals surface area contributed by atoms with Crippen LogP contribution >= 0.6 is 0 Å². The summed E-state index contributed by atoms with van der Waals surface area (Å²) < 4.78 is 11.6. The molecule has 0 spiro atoms. The zero-order valence-corrected chi connectivity index (χ0v) is 25.1. The van der Waals surface area contributed by atoms with E-state index in [0.717, 1.165) is 60.3 Å². The van der Waals surface area contributed by atoms with E-state index in [1.54, 1.807) is 19.1 Å². The molecule has 0 saturated carbocycles. The molecule has 44 heavy (non-hydrogen) atoms. The van der Waals surface area contributed by atoms with Gasteiger partial charge in [0.25, 0.3) is 0 Å². The van der Waals surface area contributed by atoms with Gasteiger partial charge in [-0.2, -0.15) is 15.5 Å². The maximum absolute atomic E-state index is 12.8. The number of rotatable bonds is 9. The van der Waals surface area contributed by atoms with Gasteiger partial charge in [0.05, 0.1) is 36.1 Å². The van der Waals surface area contributed by atoms with Gasteiger partial charge in [0.1, 0.15) is 11.3 Å². The van der Waals surface area contributed by atoms with E-state index < -0.39 is 5.97 Å². The van der Waals surface area contributed by atoms with Gasteiger partial charge < -0.3 is 14.8 Å². The predicted octanol–water partition coefficient (Wildman–Crippen LogP) is 6.55. The number of carbonyl (C=O) groups excluding carboxylic acids is 1. The Balaban J connectivity index is 1.31. The molecule has 3 aromatic carbocycles. The molecule has 1 saturated heterocycles. The van der Waals surface area contributed by atoms with Crippen molar-refractivity contribution in [2.24, 2.45) is 0 Å². The monoisotopic (exact) mass is 586 g/mol. The largest absolute Gasteiger partial charge is 0.462 e. The molecule has 0 bridgehead atoms. The van der Waals surface area contributed by atoms with E-state index in [2.05, 4.69) is 38.4 Å². The van der Waals surface area contributed by atoms with Gasteiger partial charge in [-0.05, 0) is 97.8 Å². The van der Waals surface area contributed by atoms with E-state index in [4.69, 9.17) is 14.7 Å². The molecule has 0 radical (unpaired) electrons. The fourth-order valence-electron chi connectivity index (χ4n) is 5.39. The molecule has 1 aliphatic heterocycles. The van der Waals surface area contributed by atoms with E-state index in [1.165, 1.54) is 6.20 Å². The Morgan fingerprint density at radius 2 is 1.68 bits per heavy atom. The molecule has 9 heteroatoms. The van der Waals surface area contributed by atoms with Crippen molar-refractivity contribution >= 4 is 11.9 Å². The van der Waals surface area contributed by atoms with Crippen molar-refractivity contribution in [2.45, 2.75) is 46.2 Å². The lowest BCUT2D eigenvalue weighted by atomic mass is 9.99. The Morgan fingerprint density at radius 1 is 0.977 bits per heavy atom. The minimum atomic E-state index is -0.549. The lowest BCUT2D eigenvalue weighted by Crippen LogP contribution is -2.39. The molecule has 1 fully saturated rings. The highest BCUT2D eigenvalue weighted by Gasteiger charge is 2.23. The van der Waals surface area contributed by atoms with E-state index >= 15 is 0 Å². The minimum absolute atomic E-state index is 0.132. The summed E-state index contributed by atoms with van der Waals surface area (Å²) in [7, 11) is 0. The first-order chi connectivity index (χ1) is 21.4. The Kier molecular flexibility index (Phi) is 9.49. The Labute approximate surface area is 257 Å². The topological polar surface area (TPSA) is 124 Å². The minimum Gasteiger partial charge on any atom is -0.462 e. The van der Waals surface area contributed by atoms with Gasteiger partial charge in [0.2, 0.25) is 11.8 Å². The molecule has 0 aliphatic carbocycles. The second-order valence-electron chi connectivity index (χ2n) is 10.9. The number of anilines is 1. The van der Waals surface area contributed by atoms with Crippen LogP contribution in [0.5, 0.6) is 11.6 Å². The molecule has 2 heterocycles. The highest BCUT2D eigenvalue weighted by molar-refractivity contribution is 5.91. The molecule has 5 rings (SSSR count). The number of hydrogen-bond donors (Lipinski definition) is 1. The number of aryl methyl sites for hydroxylation is 2. The molecule has 9 nitrogen and oxygen atoms in total. The average molecular weight is 587 g/mol. The van der Waals surface area contributed by atoms with Gasteiger partial charge in [-0.25, -0.2) is 9.78 Å². The van der Waals surface area contributed by atoms with Crippen LogP contribution in [0.25, 0.3) is 11.1 Å². The van der Waals surface area contributed by atoms with Crippen molar-refractivity contribution in [3.63, 3.8) is 0 Å². The summed E-state index contributed by atoms with van der Waals surface area (Å²) in [6.07, 6.45) is 3.24. The summed E-state index contributed by atoms with van der Waals surface area (Å²) in [4.78, 5) is 24.2. The number of likely N-dealkylation sites (tertiary alicyclic amines) is 1. The SMILES string of the molecule is CCOC(=O)c1cnc(NC2CCN(Cc3cccc(C#N)c3)CC2)nc1Oc1c(C)cc(-c2ccc(C#N)cc2)cc1C. The predicted molar refractivity (Wildman–Crippen MR) is 167 cm³/mol. The van der Waals surface area contributed by atoms with Crippen LogP contribution in [0.2, 0.25) is 0 Å². The van der Waals surface area contributed by atoms with Crippen molar-refractivity contribution < 1.29 is 14.3 Å². The van der Waals surface area contributed by atoms with Crippen molar-refractivity contribution in [2.75, 3.05) is 25.0 Å². The van der Waals surface area contributed by atoms with E-state index in [0.29, 0.717) is 22.8 Å². The molecule has 1 N–H and O–H groups in total. The third-order valence-corrected chi connectivity index (χ3v) is 7.64. The van der Waals surface area contributed by atoms with Gasteiger partial charge in [-0.15, -0.1) is 0 Å². The van der Waals surface area contributed by atoms with Crippen LogP contribution in [0, 0.1) is 36.5 Å². The van der Waals surface area contributed by atoms with Crippen LogP contribution in [0.4, 0.5) is 5.95 Å². The van der Waals surface area contributed by atoms with Gasteiger partial charge in [-0.3, -0.25) is 4.90 Å². The van der Waals surface area contributed by atoms with E-state index in [-0.39, 0.29) is 24.1 Å². The normalized spacial score (nSPS) is 13.5. The Hall–Kier alpha value is -5.25. The number of carbonyl (C=O) groups is 1. The molecular formula is C35H34N6O3. The summed E-state index contributed by atoms with van der Waals surface area (Å²) in [5, 5.41) is 21.7. The van der Waals surface area contributed by atoms with Crippen molar-refractivity contribution in [3.8, 4) is 34.9 Å². The number of benzene rings is 3. The summed E-state index contributed by atoms with van der Waals surface area (Å²) in [6, 6.07) is 23.7. The maximum atomic E-state index is 12.8. The number of aromatic nitrogens is 2. The second kappa shape index (κ2) is 13.8. The van der Waals surface area contributed by atoms with Crippen LogP contribution in [-0.2, 0) is 11.3 Å². The van der Waals surface area contributed by atoms with Crippen molar-refractivity contribution in [3.05, 3.63) is 100 Å². The first-order valence-corrected chi connectivity index (χ1v) is 14.7. The van der Waals surface area contributed by atoms with Crippen LogP contribution in [0.1, 0.15) is 57.9 Å². The zero-order chi connectivity index (χ0) is 31.1. The first-order valence-electron chi connectivity index (χ1n) is 14.7. The molecule has 1 aromatic heterocycles. The Morgan fingerprint density at radius 3 is 2.34 bits per heavy atom. The van der Waals surface area contributed by atoms with Crippen molar-refractivity contribution in [1.82, 2.24) is 14.9 Å². The molecule has 4 aromatic rings. The lowest BCUT2D eigenvalue weighted by molar-refractivity contribution is 0.0522. The van der Waals surface area contributed by atoms with Crippen LogP contribution in [-0.4, -0.2) is 46.6 Å². The fraction of sp³-hybridized carbons (Fsp3) is 0.286. The number of nitrogens with one attached hydrogen (secondary N) is 1. The van der Waals surface area contributed by atoms with Gasteiger partial charge in [0, 0.05) is 25.7 Å². The number of ether oxygens (including phenoxy) is 2. The summed E-state index contributed by atoms with van der Waals surface area (Å²) in [5.74, 6) is 0.574. The van der Waals surface area contributed by atoms with Crippen LogP contribution in [0.3, 0.4) is 0 Å².